The van der Waals surface area contributed by atoms with Gasteiger partial charge in [0.2, 0.25) is 5.88 Å². The molecule has 0 unspecified atom stereocenters. The molecule has 0 fully saturated rings. The molecular weight excluding hydrogens is 350 g/mol. The molecule has 1 aromatic heterocycles. The number of para-hydroxylation sites is 1. The third-order valence-electron chi connectivity index (χ3n) is 3.43. The van der Waals surface area contributed by atoms with Gasteiger partial charge in [-0.1, -0.05) is 35.9 Å². The minimum Gasteiger partial charge on any atom is -0.363 e. The van der Waals surface area contributed by atoms with Crippen LogP contribution in [0.2, 0.25) is 0 Å². The molecule has 3 rings (SSSR count). The number of fused-ring (bicyclic) bond motifs is 1. The van der Waals surface area contributed by atoms with E-state index in [1.807, 2.05) is 6.92 Å². The van der Waals surface area contributed by atoms with Gasteiger partial charge in [0.15, 0.2) is 0 Å². The molecule has 0 saturated carbocycles. The molecule has 0 aliphatic rings. The zero-order valence-electron chi connectivity index (χ0n) is 13.0. The maximum atomic E-state index is 13.0. The van der Waals surface area contributed by atoms with Crippen molar-refractivity contribution in [1.29, 1.82) is 0 Å². The summed E-state index contributed by atoms with van der Waals surface area (Å²) in [5, 5.41) is 0.562. The van der Waals surface area contributed by atoms with Gasteiger partial charge < -0.3 is 4.18 Å². The number of benzene rings is 2. The molecule has 2 aromatic carbocycles. The standard InChI is InChI=1S/C16H15NO5S2/c1-12-7-9-14(10-8-12)24(20,21)17-15-6-4-3-5-13(15)11-16(17)22-23(2,18)19/h3-11H,1-2H3. The Morgan fingerprint density at radius 3 is 2.17 bits per heavy atom. The van der Waals surface area contributed by atoms with E-state index in [9.17, 15) is 16.8 Å². The van der Waals surface area contributed by atoms with Crippen LogP contribution in [-0.2, 0) is 20.1 Å². The topological polar surface area (TPSA) is 82.4 Å². The number of aryl methyl sites for hydroxylation is 1. The van der Waals surface area contributed by atoms with Gasteiger partial charge >= 0.3 is 10.1 Å². The van der Waals surface area contributed by atoms with Crippen molar-refractivity contribution in [2.24, 2.45) is 0 Å². The Morgan fingerprint density at radius 1 is 0.917 bits per heavy atom. The number of nitrogens with zero attached hydrogens (tertiary/aromatic N) is 1. The summed E-state index contributed by atoms with van der Waals surface area (Å²) in [6, 6.07) is 14.4. The molecule has 24 heavy (non-hydrogen) atoms. The average molecular weight is 365 g/mol. The number of rotatable bonds is 4. The van der Waals surface area contributed by atoms with E-state index in [0.29, 0.717) is 10.9 Å². The van der Waals surface area contributed by atoms with Crippen molar-refractivity contribution in [1.82, 2.24) is 3.97 Å². The summed E-state index contributed by atoms with van der Waals surface area (Å²) in [5.41, 5.74) is 1.26. The van der Waals surface area contributed by atoms with Gasteiger partial charge in [0, 0.05) is 11.5 Å². The van der Waals surface area contributed by atoms with Crippen molar-refractivity contribution >= 4 is 31.0 Å². The largest absolute Gasteiger partial charge is 0.363 e. The normalized spacial score (nSPS) is 12.4. The molecule has 6 nitrogen and oxygen atoms in total. The fourth-order valence-corrected chi connectivity index (χ4v) is 4.30. The van der Waals surface area contributed by atoms with Gasteiger partial charge in [0.05, 0.1) is 16.7 Å². The van der Waals surface area contributed by atoms with E-state index in [1.165, 1.54) is 18.2 Å². The van der Waals surface area contributed by atoms with Gasteiger partial charge in [-0.3, -0.25) is 0 Å². The third-order valence-corrected chi connectivity index (χ3v) is 5.63. The van der Waals surface area contributed by atoms with Crippen LogP contribution in [0.3, 0.4) is 0 Å². The highest BCUT2D eigenvalue weighted by molar-refractivity contribution is 7.90. The molecule has 0 saturated heterocycles. The first-order valence-electron chi connectivity index (χ1n) is 7.01. The smallest absolute Gasteiger partial charge is 0.307 e. The summed E-state index contributed by atoms with van der Waals surface area (Å²) in [4.78, 5) is 0.0489. The molecule has 3 aromatic rings. The molecule has 0 atom stereocenters. The van der Waals surface area contributed by atoms with Crippen molar-refractivity contribution in [2.45, 2.75) is 11.8 Å². The van der Waals surface area contributed by atoms with Crippen LogP contribution in [0.1, 0.15) is 5.56 Å². The van der Waals surface area contributed by atoms with E-state index in [0.717, 1.165) is 15.8 Å². The summed E-state index contributed by atoms with van der Waals surface area (Å²) in [6.45, 7) is 1.85. The summed E-state index contributed by atoms with van der Waals surface area (Å²) in [6.07, 6.45) is 0.869. The quantitative estimate of drug-likeness (QED) is 0.664. The minimum atomic E-state index is -4.01. The van der Waals surface area contributed by atoms with Crippen LogP contribution in [0, 0.1) is 6.92 Å². The predicted octanol–water partition coefficient (Wildman–Crippen LogP) is 2.53. The molecular formula is C16H15NO5S2. The van der Waals surface area contributed by atoms with Gasteiger partial charge in [0.25, 0.3) is 10.0 Å². The van der Waals surface area contributed by atoms with Crippen LogP contribution in [0.15, 0.2) is 59.5 Å². The highest BCUT2D eigenvalue weighted by Crippen LogP contribution is 2.31. The second kappa shape index (κ2) is 5.64. The van der Waals surface area contributed by atoms with Crippen LogP contribution in [-0.4, -0.2) is 27.1 Å². The Morgan fingerprint density at radius 2 is 1.54 bits per heavy atom. The first-order chi connectivity index (χ1) is 11.2. The maximum Gasteiger partial charge on any atom is 0.307 e. The molecule has 1 heterocycles. The van der Waals surface area contributed by atoms with Crippen molar-refractivity contribution in [3.8, 4) is 5.88 Å². The van der Waals surface area contributed by atoms with Crippen LogP contribution in [0.4, 0.5) is 0 Å². The zero-order valence-corrected chi connectivity index (χ0v) is 14.6. The Balaban J connectivity index is 2.31. The summed E-state index contributed by atoms with van der Waals surface area (Å²) in [7, 11) is -7.90. The van der Waals surface area contributed by atoms with E-state index in [1.54, 1.807) is 36.4 Å². The van der Waals surface area contributed by atoms with Crippen molar-refractivity contribution in [3.63, 3.8) is 0 Å². The van der Waals surface area contributed by atoms with Gasteiger partial charge in [-0.05, 0) is 25.1 Å². The molecule has 8 heteroatoms. The Labute approximate surface area is 140 Å². The lowest BCUT2D eigenvalue weighted by Gasteiger charge is -2.11. The minimum absolute atomic E-state index is 0.0489. The average Bonchev–Trinajstić information content (AvgIpc) is 2.83. The highest BCUT2D eigenvalue weighted by Gasteiger charge is 2.25. The summed E-state index contributed by atoms with van der Waals surface area (Å²) in [5.74, 6) is -0.265. The van der Waals surface area contributed by atoms with Crippen LogP contribution in [0.25, 0.3) is 10.9 Å². The zero-order chi connectivity index (χ0) is 17.5. The molecule has 0 radical (unpaired) electrons. The van der Waals surface area contributed by atoms with Crippen LogP contribution < -0.4 is 4.18 Å². The van der Waals surface area contributed by atoms with Gasteiger partial charge in [-0.25, -0.2) is 12.4 Å². The van der Waals surface area contributed by atoms with E-state index in [4.69, 9.17) is 4.18 Å². The molecule has 126 valence electrons. The first kappa shape index (κ1) is 16.5. The lowest BCUT2D eigenvalue weighted by molar-refractivity contribution is 0.479. The van der Waals surface area contributed by atoms with Crippen LogP contribution in [0.5, 0.6) is 5.88 Å². The number of aromatic nitrogens is 1. The van der Waals surface area contributed by atoms with Gasteiger partial charge in [-0.15, -0.1) is 0 Å². The molecule has 0 aliphatic heterocycles. The van der Waals surface area contributed by atoms with Crippen LogP contribution >= 0.6 is 0 Å². The fraction of sp³-hybridized carbons (Fsp3) is 0.125. The third kappa shape index (κ3) is 3.02. The SMILES string of the molecule is Cc1ccc(S(=O)(=O)n2c(OS(C)(=O)=O)cc3ccccc32)cc1. The number of hydrogen-bond acceptors (Lipinski definition) is 5. The Bertz CT molecular complexity index is 1110. The molecule has 0 spiro atoms. The second-order valence-electron chi connectivity index (χ2n) is 5.41. The monoisotopic (exact) mass is 365 g/mol. The fourth-order valence-electron chi connectivity index (χ4n) is 2.38. The Kier molecular flexibility index (Phi) is 3.89. The number of hydrogen-bond donors (Lipinski definition) is 0. The summed E-state index contributed by atoms with van der Waals surface area (Å²) >= 11 is 0. The van der Waals surface area contributed by atoms with Crippen molar-refractivity contribution in [2.75, 3.05) is 6.26 Å². The van der Waals surface area contributed by atoms with E-state index in [2.05, 4.69) is 0 Å². The maximum absolute atomic E-state index is 13.0. The molecule has 0 amide bonds. The van der Waals surface area contributed by atoms with Gasteiger partial charge in [-0.2, -0.15) is 8.42 Å². The predicted molar refractivity (Wildman–Crippen MR) is 91.2 cm³/mol. The highest BCUT2D eigenvalue weighted by atomic mass is 32.2. The van der Waals surface area contributed by atoms with E-state index < -0.39 is 20.1 Å². The lowest BCUT2D eigenvalue weighted by atomic mass is 10.2. The Hall–Kier alpha value is -2.32. The lowest BCUT2D eigenvalue weighted by Crippen LogP contribution is -2.17. The first-order valence-corrected chi connectivity index (χ1v) is 10.3. The molecule has 0 aliphatic carbocycles. The van der Waals surface area contributed by atoms with Crippen molar-refractivity contribution in [3.05, 3.63) is 60.2 Å². The summed E-state index contributed by atoms with van der Waals surface area (Å²) < 4.78 is 54.9. The van der Waals surface area contributed by atoms with Crippen molar-refractivity contribution < 1.29 is 21.0 Å². The molecule has 0 bridgehead atoms. The van der Waals surface area contributed by atoms with E-state index in [-0.39, 0.29) is 10.8 Å². The molecule has 0 N–H and O–H groups in total. The second-order valence-corrected chi connectivity index (χ2v) is 8.77. The van der Waals surface area contributed by atoms with Gasteiger partial charge in [0.1, 0.15) is 0 Å². The van der Waals surface area contributed by atoms with E-state index >= 15 is 0 Å².